The summed E-state index contributed by atoms with van der Waals surface area (Å²) in [6.45, 7) is 9.44. The van der Waals surface area contributed by atoms with Gasteiger partial charge in [-0.3, -0.25) is 0 Å². The van der Waals surface area contributed by atoms with E-state index in [2.05, 4.69) is 24.1 Å². The van der Waals surface area contributed by atoms with Crippen molar-refractivity contribution in [2.75, 3.05) is 26.2 Å². The quantitative estimate of drug-likeness (QED) is 0.653. The Morgan fingerprint density at radius 3 is 2.87 bits per heavy atom. The summed E-state index contributed by atoms with van der Waals surface area (Å²) in [5.41, 5.74) is 0. The number of hydrogen-bond donors (Lipinski definition) is 1. The highest BCUT2D eigenvalue weighted by molar-refractivity contribution is 4.76. The van der Waals surface area contributed by atoms with Gasteiger partial charge in [0.15, 0.2) is 0 Å². The largest absolute Gasteiger partial charge is 0.317 e. The third-order valence-corrected chi connectivity index (χ3v) is 3.42. The van der Waals surface area contributed by atoms with Crippen LogP contribution in [0.1, 0.15) is 52.4 Å². The Hall–Kier alpha value is -0.0800. The first-order valence-corrected chi connectivity index (χ1v) is 6.83. The summed E-state index contributed by atoms with van der Waals surface area (Å²) in [7, 11) is 0. The molecule has 1 atom stereocenters. The van der Waals surface area contributed by atoms with Crippen LogP contribution in [0.15, 0.2) is 0 Å². The van der Waals surface area contributed by atoms with Crippen LogP contribution in [-0.2, 0) is 0 Å². The van der Waals surface area contributed by atoms with Gasteiger partial charge < -0.3 is 10.2 Å². The van der Waals surface area contributed by atoms with Gasteiger partial charge in [-0.1, -0.05) is 26.7 Å². The average Bonchev–Trinajstić information content (AvgIpc) is 2.27. The van der Waals surface area contributed by atoms with E-state index in [0.29, 0.717) is 0 Å². The number of likely N-dealkylation sites (tertiary alicyclic amines) is 1. The fourth-order valence-electron chi connectivity index (χ4n) is 2.60. The molecule has 0 spiro atoms. The van der Waals surface area contributed by atoms with Crippen LogP contribution in [0.25, 0.3) is 0 Å². The molecule has 0 bridgehead atoms. The van der Waals surface area contributed by atoms with Crippen LogP contribution >= 0.6 is 0 Å². The molecule has 0 radical (unpaired) electrons. The summed E-state index contributed by atoms with van der Waals surface area (Å²) in [5.74, 6) is 0. The van der Waals surface area contributed by atoms with Crippen LogP contribution in [0.3, 0.4) is 0 Å². The number of piperidine rings is 1. The SMILES string of the molecule is CCCC1CCCCN1CCCNCC. The zero-order chi connectivity index (χ0) is 10.9. The van der Waals surface area contributed by atoms with Crippen LogP contribution in [0.5, 0.6) is 0 Å². The van der Waals surface area contributed by atoms with Crippen molar-refractivity contribution >= 4 is 0 Å². The molecule has 1 aliphatic rings. The van der Waals surface area contributed by atoms with E-state index >= 15 is 0 Å². The summed E-state index contributed by atoms with van der Waals surface area (Å²) >= 11 is 0. The molecule has 0 aromatic carbocycles. The summed E-state index contributed by atoms with van der Waals surface area (Å²) in [4.78, 5) is 2.73. The molecule has 0 aromatic rings. The molecule has 0 saturated carbocycles. The molecule has 0 amide bonds. The maximum atomic E-state index is 3.41. The summed E-state index contributed by atoms with van der Waals surface area (Å²) < 4.78 is 0. The van der Waals surface area contributed by atoms with E-state index in [1.807, 2.05) is 0 Å². The molecule has 1 unspecified atom stereocenters. The first-order valence-electron chi connectivity index (χ1n) is 6.83. The molecular weight excluding hydrogens is 184 g/mol. The lowest BCUT2D eigenvalue weighted by Crippen LogP contribution is -2.40. The minimum Gasteiger partial charge on any atom is -0.317 e. The molecule has 15 heavy (non-hydrogen) atoms. The van der Waals surface area contributed by atoms with Crippen LogP contribution in [0.4, 0.5) is 0 Å². The van der Waals surface area contributed by atoms with Gasteiger partial charge in [0.05, 0.1) is 0 Å². The van der Waals surface area contributed by atoms with E-state index in [4.69, 9.17) is 0 Å². The second-order valence-corrected chi connectivity index (χ2v) is 4.68. The maximum absolute atomic E-state index is 3.41. The van der Waals surface area contributed by atoms with Crippen molar-refractivity contribution < 1.29 is 0 Å². The minimum absolute atomic E-state index is 0.894. The van der Waals surface area contributed by atoms with Gasteiger partial charge in [0.2, 0.25) is 0 Å². The number of rotatable bonds is 7. The fourth-order valence-corrected chi connectivity index (χ4v) is 2.60. The van der Waals surface area contributed by atoms with Gasteiger partial charge >= 0.3 is 0 Å². The number of nitrogens with one attached hydrogen (secondary N) is 1. The molecule has 90 valence electrons. The Bertz CT molecular complexity index is 145. The molecule has 1 N–H and O–H groups in total. The third kappa shape index (κ3) is 4.98. The van der Waals surface area contributed by atoms with E-state index in [1.54, 1.807) is 0 Å². The zero-order valence-corrected chi connectivity index (χ0v) is 10.6. The summed E-state index contributed by atoms with van der Waals surface area (Å²) in [5, 5.41) is 3.41. The Balaban J connectivity index is 2.17. The Kier molecular flexibility index (Phi) is 7.03. The van der Waals surface area contributed by atoms with Crippen molar-refractivity contribution in [3.8, 4) is 0 Å². The van der Waals surface area contributed by atoms with Crippen molar-refractivity contribution in [1.29, 1.82) is 0 Å². The first-order chi connectivity index (χ1) is 7.38. The van der Waals surface area contributed by atoms with Crippen molar-refractivity contribution in [3.05, 3.63) is 0 Å². The third-order valence-electron chi connectivity index (χ3n) is 3.42. The van der Waals surface area contributed by atoms with Crippen LogP contribution in [0.2, 0.25) is 0 Å². The van der Waals surface area contributed by atoms with Crippen LogP contribution < -0.4 is 5.32 Å². The second-order valence-electron chi connectivity index (χ2n) is 4.68. The van der Waals surface area contributed by atoms with Gasteiger partial charge in [-0.05, 0) is 51.9 Å². The summed E-state index contributed by atoms with van der Waals surface area (Å²) in [6.07, 6.45) is 8.37. The maximum Gasteiger partial charge on any atom is 0.00951 e. The molecule has 0 aliphatic carbocycles. The van der Waals surface area contributed by atoms with Crippen molar-refractivity contribution in [2.45, 2.75) is 58.4 Å². The highest BCUT2D eigenvalue weighted by Crippen LogP contribution is 2.20. The lowest BCUT2D eigenvalue weighted by molar-refractivity contribution is 0.138. The topological polar surface area (TPSA) is 15.3 Å². The first kappa shape index (κ1) is 13.0. The Morgan fingerprint density at radius 1 is 1.27 bits per heavy atom. The molecule has 1 fully saturated rings. The van der Waals surface area contributed by atoms with Crippen LogP contribution in [0, 0.1) is 0 Å². The monoisotopic (exact) mass is 212 g/mol. The molecule has 1 aliphatic heterocycles. The van der Waals surface area contributed by atoms with Crippen molar-refractivity contribution in [1.82, 2.24) is 10.2 Å². The zero-order valence-electron chi connectivity index (χ0n) is 10.6. The second kappa shape index (κ2) is 8.12. The van der Waals surface area contributed by atoms with E-state index in [0.717, 1.165) is 12.6 Å². The summed E-state index contributed by atoms with van der Waals surface area (Å²) in [6, 6.07) is 0.894. The highest BCUT2D eigenvalue weighted by atomic mass is 15.2. The molecule has 1 saturated heterocycles. The lowest BCUT2D eigenvalue weighted by atomic mass is 9.98. The Morgan fingerprint density at radius 2 is 2.13 bits per heavy atom. The Labute approximate surface area is 95.4 Å². The van der Waals surface area contributed by atoms with Crippen molar-refractivity contribution in [2.24, 2.45) is 0 Å². The normalized spacial score (nSPS) is 23.2. The molecule has 2 nitrogen and oxygen atoms in total. The van der Waals surface area contributed by atoms with Crippen LogP contribution in [-0.4, -0.2) is 37.1 Å². The predicted molar refractivity (Wildman–Crippen MR) is 67.3 cm³/mol. The van der Waals surface area contributed by atoms with Gasteiger partial charge in [0.1, 0.15) is 0 Å². The predicted octanol–water partition coefficient (Wildman–Crippen LogP) is 2.64. The molecule has 1 rings (SSSR count). The average molecular weight is 212 g/mol. The smallest absolute Gasteiger partial charge is 0.00951 e. The number of hydrogen-bond acceptors (Lipinski definition) is 2. The minimum atomic E-state index is 0.894. The lowest BCUT2D eigenvalue weighted by Gasteiger charge is -2.35. The molecular formula is C13H28N2. The number of nitrogens with zero attached hydrogens (tertiary/aromatic N) is 1. The highest BCUT2D eigenvalue weighted by Gasteiger charge is 2.20. The van der Waals surface area contributed by atoms with Gasteiger partial charge in [-0.2, -0.15) is 0 Å². The van der Waals surface area contributed by atoms with Gasteiger partial charge in [-0.25, -0.2) is 0 Å². The molecule has 1 heterocycles. The van der Waals surface area contributed by atoms with E-state index < -0.39 is 0 Å². The van der Waals surface area contributed by atoms with Crippen molar-refractivity contribution in [3.63, 3.8) is 0 Å². The van der Waals surface area contributed by atoms with Gasteiger partial charge in [-0.15, -0.1) is 0 Å². The van der Waals surface area contributed by atoms with Gasteiger partial charge in [0, 0.05) is 6.04 Å². The molecule has 0 aromatic heterocycles. The fraction of sp³-hybridized carbons (Fsp3) is 1.00. The van der Waals surface area contributed by atoms with E-state index in [1.165, 1.54) is 58.2 Å². The molecule has 2 heteroatoms. The van der Waals surface area contributed by atoms with E-state index in [9.17, 15) is 0 Å². The van der Waals surface area contributed by atoms with Gasteiger partial charge in [0.25, 0.3) is 0 Å². The standard InChI is InChI=1S/C13H28N2/c1-3-8-13-9-5-6-11-15(13)12-7-10-14-4-2/h13-14H,3-12H2,1-2H3. The van der Waals surface area contributed by atoms with E-state index in [-0.39, 0.29) is 0 Å².